The van der Waals surface area contributed by atoms with E-state index in [1.807, 2.05) is 42.5 Å². The highest BCUT2D eigenvalue weighted by Gasteiger charge is 2.34. The van der Waals surface area contributed by atoms with Crippen molar-refractivity contribution in [2.45, 2.75) is 12.8 Å². The van der Waals surface area contributed by atoms with Crippen LogP contribution in [0.25, 0.3) is 10.8 Å². The minimum Gasteiger partial charge on any atom is -0.497 e. The van der Waals surface area contributed by atoms with Crippen LogP contribution in [0.2, 0.25) is 0 Å². The van der Waals surface area contributed by atoms with Gasteiger partial charge in [0.2, 0.25) is 5.88 Å². The van der Waals surface area contributed by atoms with E-state index in [-0.39, 0.29) is 11.5 Å². The second kappa shape index (κ2) is 6.74. The minimum absolute atomic E-state index is 0.187. The van der Waals surface area contributed by atoms with Gasteiger partial charge < -0.3 is 14.5 Å². The molecule has 1 atom stereocenters. The number of aromatic nitrogens is 2. The number of halogens is 1. The van der Waals surface area contributed by atoms with Gasteiger partial charge in [-0.25, -0.2) is 0 Å². The summed E-state index contributed by atoms with van der Waals surface area (Å²) in [7, 11) is 1.64. The molecular weight excluding hydrogens is 432 g/mol. The molecule has 5 rings (SSSR count). The van der Waals surface area contributed by atoms with Crippen molar-refractivity contribution in [2.24, 2.45) is 0 Å². The summed E-state index contributed by atoms with van der Waals surface area (Å²) in [6.45, 7) is 1.75. The number of ether oxygens (including phenoxy) is 2. The standard InChI is InChI=1S/C23H17BrN2O3/c1-12-25-22(27)21-19(13-3-7-16(28-2)8-4-13)20-17-9-6-15(24)11-14(17)5-10-18(20)29-23(21)26-12/h3-11,19H,1-2H3,(H,25,26,27). The molecule has 0 saturated heterocycles. The van der Waals surface area contributed by atoms with Crippen molar-refractivity contribution in [3.8, 4) is 17.4 Å². The zero-order chi connectivity index (χ0) is 20.1. The van der Waals surface area contributed by atoms with E-state index in [2.05, 4.69) is 38.0 Å². The number of H-pyrrole nitrogens is 1. The molecule has 6 heteroatoms. The van der Waals surface area contributed by atoms with Crippen molar-refractivity contribution >= 4 is 26.7 Å². The summed E-state index contributed by atoms with van der Waals surface area (Å²) in [5.74, 6) is 2.05. The number of fused-ring (bicyclic) bond motifs is 4. The van der Waals surface area contributed by atoms with E-state index in [0.717, 1.165) is 32.1 Å². The van der Waals surface area contributed by atoms with Crippen molar-refractivity contribution in [1.82, 2.24) is 9.97 Å². The van der Waals surface area contributed by atoms with Gasteiger partial charge in [-0.3, -0.25) is 4.79 Å². The van der Waals surface area contributed by atoms with Crippen LogP contribution >= 0.6 is 15.9 Å². The van der Waals surface area contributed by atoms with Crippen LogP contribution in [0.4, 0.5) is 0 Å². The van der Waals surface area contributed by atoms with E-state index in [0.29, 0.717) is 23.0 Å². The van der Waals surface area contributed by atoms with Gasteiger partial charge in [-0.05, 0) is 53.6 Å². The molecule has 1 aliphatic heterocycles. The summed E-state index contributed by atoms with van der Waals surface area (Å²) >= 11 is 3.54. The highest BCUT2D eigenvalue weighted by atomic mass is 79.9. The van der Waals surface area contributed by atoms with Crippen LogP contribution in [0.1, 0.15) is 28.4 Å². The summed E-state index contributed by atoms with van der Waals surface area (Å²) in [5.41, 5.74) is 2.27. The maximum absolute atomic E-state index is 13.0. The largest absolute Gasteiger partial charge is 0.497 e. The first kappa shape index (κ1) is 17.9. The Morgan fingerprint density at radius 1 is 1.07 bits per heavy atom. The lowest BCUT2D eigenvalue weighted by molar-refractivity contribution is 0.414. The van der Waals surface area contributed by atoms with E-state index in [4.69, 9.17) is 9.47 Å². The van der Waals surface area contributed by atoms with Crippen molar-refractivity contribution in [2.75, 3.05) is 7.11 Å². The molecule has 3 aromatic carbocycles. The number of nitrogens with zero attached hydrogens (tertiary/aromatic N) is 1. The van der Waals surface area contributed by atoms with Crippen LogP contribution in [0, 0.1) is 6.92 Å². The molecule has 0 saturated carbocycles. The van der Waals surface area contributed by atoms with Gasteiger partial charge in [-0.2, -0.15) is 4.98 Å². The lowest BCUT2D eigenvalue weighted by Crippen LogP contribution is -2.24. The monoisotopic (exact) mass is 448 g/mol. The average molecular weight is 449 g/mol. The van der Waals surface area contributed by atoms with Crippen molar-refractivity contribution in [3.05, 3.63) is 91.9 Å². The number of aromatic amines is 1. The topological polar surface area (TPSA) is 64.2 Å². The Morgan fingerprint density at radius 3 is 2.62 bits per heavy atom. The van der Waals surface area contributed by atoms with Crippen LogP contribution in [0.5, 0.6) is 17.4 Å². The Bertz CT molecular complexity index is 1310. The number of methoxy groups -OCH3 is 1. The first-order chi connectivity index (χ1) is 14.0. The molecule has 144 valence electrons. The Labute approximate surface area is 175 Å². The van der Waals surface area contributed by atoms with E-state index in [9.17, 15) is 4.79 Å². The Balaban J connectivity index is 1.85. The number of benzene rings is 3. The van der Waals surface area contributed by atoms with Crippen LogP contribution in [0.15, 0.2) is 63.9 Å². The molecule has 0 fully saturated rings. The Hall–Kier alpha value is -3.12. The van der Waals surface area contributed by atoms with Crippen LogP contribution < -0.4 is 15.0 Å². The molecule has 1 unspecified atom stereocenters. The maximum atomic E-state index is 13.0. The van der Waals surface area contributed by atoms with E-state index in [1.54, 1.807) is 14.0 Å². The molecule has 0 radical (unpaired) electrons. The first-order valence-corrected chi connectivity index (χ1v) is 9.99. The van der Waals surface area contributed by atoms with E-state index >= 15 is 0 Å². The summed E-state index contributed by atoms with van der Waals surface area (Å²) < 4.78 is 12.4. The lowest BCUT2D eigenvalue weighted by atomic mass is 9.81. The average Bonchev–Trinajstić information content (AvgIpc) is 2.71. The molecular formula is C23H17BrN2O3. The Morgan fingerprint density at radius 2 is 1.86 bits per heavy atom. The van der Waals surface area contributed by atoms with Crippen molar-refractivity contribution in [3.63, 3.8) is 0 Å². The molecule has 0 spiro atoms. The van der Waals surface area contributed by atoms with Gasteiger partial charge in [0.25, 0.3) is 5.56 Å². The fourth-order valence-corrected chi connectivity index (χ4v) is 4.35. The maximum Gasteiger partial charge on any atom is 0.258 e. The molecule has 29 heavy (non-hydrogen) atoms. The normalized spacial score (nSPS) is 14.8. The smallest absolute Gasteiger partial charge is 0.258 e. The number of aryl methyl sites for hydroxylation is 1. The zero-order valence-electron chi connectivity index (χ0n) is 15.8. The number of rotatable bonds is 2. The second-order valence-corrected chi connectivity index (χ2v) is 7.94. The van der Waals surface area contributed by atoms with Gasteiger partial charge in [0.1, 0.15) is 17.3 Å². The molecule has 0 amide bonds. The summed E-state index contributed by atoms with van der Waals surface area (Å²) in [5, 5.41) is 2.11. The van der Waals surface area contributed by atoms with Crippen LogP contribution in [-0.4, -0.2) is 17.1 Å². The fraction of sp³-hybridized carbons (Fsp3) is 0.130. The van der Waals surface area contributed by atoms with Gasteiger partial charge in [0.05, 0.1) is 12.7 Å². The second-order valence-electron chi connectivity index (χ2n) is 7.02. The SMILES string of the molecule is COc1ccc(C2c3c(nc(C)[nH]c3=O)Oc3ccc4cc(Br)ccc4c32)cc1. The van der Waals surface area contributed by atoms with E-state index < -0.39 is 0 Å². The van der Waals surface area contributed by atoms with Gasteiger partial charge in [-0.1, -0.05) is 40.2 Å². The predicted molar refractivity (Wildman–Crippen MR) is 115 cm³/mol. The zero-order valence-corrected chi connectivity index (χ0v) is 17.4. The molecule has 1 N–H and O–H groups in total. The number of hydrogen-bond donors (Lipinski definition) is 1. The molecule has 0 bridgehead atoms. The van der Waals surface area contributed by atoms with Gasteiger partial charge in [0.15, 0.2) is 0 Å². The predicted octanol–water partition coefficient (Wildman–Crippen LogP) is 5.29. The Kier molecular flexibility index (Phi) is 4.17. The fourth-order valence-electron chi connectivity index (χ4n) is 3.97. The molecule has 1 aliphatic rings. The summed E-state index contributed by atoms with van der Waals surface area (Å²) in [6, 6.07) is 17.9. The van der Waals surface area contributed by atoms with Crippen LogP contribution in [0.3, 0.4) is 0 Å². The minimum atomic E-state index is -0.304. The third kappa shape index (κ3) is 2.91. The molecule has 2 heterocycles. The van der Waals surface area contributed by atoms with Gasteiger partial charge in [0, 0.05) is 16.0 Å². The van der Waals surface area contributed by atoms with E-state index in [1.165, 1.54) is 0 Å². The number of nitrogens with one attached hydrogen (secondary N) is 1. The van der Waals surface area contributed by atoms with Crippen molar-refractivity contribution in [1.29, 1.82) is 0 Å². The number of hydrogen-bond acceptors (Lipinski definition) is 4. The first-order valence-electron chi connectivity index (χ1n) is 9.20. The highest BCUT2D eigenvalue weighted by molar-refractivity contribution is 9.10. The quantitative estimate of drug-likeness (QED) is 0.398. The molecule has 1 aromatic heterocycles. The summed E-state index contributed by atoms with van der Waals surface area (Å²) in [4.78, 5) is 20.3. The highest BCUT2D eigenvalue weighted by Crippen LogP contribution is 2.48. The lowest BCUT2D eigenvalue weighted by Gasteiger charge is -2.28. The third-order valence-corrected chi connectivity index (χ3v) is 5.75. The molecule has 4 aromatic rings. The van der Waals surface area contributed by atoms with Crippen LogP contribution in [-0.2, 0) is 0 Å². The van der Waals surface area contributed by atoms with Gasteiger partial charge >= 0.3 is 0 Å². The third-order valence-electron chi connectivity index (χ3n) is 5.26. The molecule has 5 nitrogen and oxygen atoms in total. The van der Waals surface area contributed by atoms with Gasteiger partial charge in [-0.15, -0.1) is 0 Å². The molecule has 0 aliphatic carbocycles. The summed E-state index contributed by atoms with van der Waals surface area (Å²) in [6.07, 6.45) is 0. The van der Waals surface area contributed by atoms with Crippen molar-refractivity contribution < 1.29 is 9.47 Å².